The van der Waals surface area contributed by atoms with Gasteiger partial charge in [0.05, 0.1) is 11.1 Å². The highest BCUT2D eigenvalue weighted by Crippen LogP contribution is 2.28. The van der Waals surface area contributed by atoms with Crippen molar-refractivity contribution >= 4 is 32.6 Å². The summed E-state index contributed by atoms with van der Waals surface area (Å²) >= 11 is 1.05. The third kappa shape index (κ3) is 3.53. The molecule has 0 radical (unpaired) electrons. The van der Waals surface area contributed by atoms with E-state index in [1.807, 2.05) is 24.3 Å². The maximum atomic E-state index is 13.6. The van der Waals surface area contributed by atoms with Gasteiger partial charge < -0.3 is 5.32 Å². The zero-order chi connectivity index (χ0) is 16.4. The smallest absolute Gasteiger partial charge is 0.230 e. The molecule has 0 spiro atoms. The first kappa shape index (κ1) is 15.6. The van der Waals surface area contributed by atoms with Crippen LogP contribution in [-0.4, -0.2) is 10.9 Å². The normalized spacial score (nSPS) is 10.9. The molecule has 0 unspecified atom stereocenters. The van der Waals surface area contributed by atoms with Gasteiger partial charge in [-0.3, -0.25) is 4.79 Å². The average molecular weight is 332 g/mol. The molecule has 6 heteroatoms. The first-order valence-corrected chi connectivity index (χ1v) is 8.00. The monoisotopic (exact) mass is 332 g/mol. The van der Waals surface area contributed by atoms with Gasteiger partial charge in [-0.2, -0.15) is 0 Å². The fraction of sp³-hybridized carbons (Fsp3) is 0.176. The molecule has 0 bridgehead atoms. The van der Waals surface area contributed by atoms with Crippen LogP contribution in [0.1, 0.15) is 18.1 Å². The summed E-state index contributed by atoms with van der Waals surface area (Å²) in [5, 5.41) is 2.90. The number of nitrogens with zero attached hydrogens (tertiary/aromatic N) is 1. The van der Waals surface area contributed by atoms with Gasteiger partial charge in [-0.1, -0.05) is 42.5 Å². The number of hydrogen-bond acceptors (Lipinski definition) is 3. The van der Waals surface area contributed by atoms with Crippen LogP contribution in [0.15, 0.2) is 36.4 Å². The second-order valence-corrected chi connectivity index (χ2v) is 6.18. The van der Waals surface area contributed by atoms with E-state index in [1.165, 1.54) is 11.6 Å². The highest BCUT2D eigenvalue weighted by molar-refractivity contribution is 7.22. The lowest BCUT2D eigenvalue weighted by molar-refractivity contribution is -0.115. The Kier molecular flexibility index (Phi) is 4.34. The number of aryl methyl sites for hydroxylation is 1. The number of aromatic nitrogens is 1. The van der Waals surface area contributed by atoms with Gasteiger partial charge in [0.15, 0.2) is 10.9 Å². The number of fused-ring (bicyclic) bond motifs is 1. The van der Waals surface area contributed by atoms with E-state index in [1.54, 1.807) is 0 Å². The SMILES string of the molecule is CCc1ccc(CC(=O)Nc2nc3c(F)cc(F)cc3s2)cc1. The molecule has 23 heavy (non-hydrogen) atoms. The number of rotatable bonds is 4. The quantitative estimate of drug-likeness (QED) is 0.773. The van der Waals surface area contributed by atoms with Gasteiger partial charge in [0.2, 0.25) is 5.91 Å². The zero-order valence-corrected chi connectivity index (χ0v) is 13.2. The van der Waals surface area contributed by atoms with E-state index in [2.05, 4.69) is 17.2 Å². The number of nitrogens with one attached hydrogen (secondary N) is 1. The predicted octanol–water partition coefficient (Wildman–Crippen LogP) is 4.32. The summed E-state index contributed by atoms with van der Waals surface area (Å²) in [5.41, 5.74) is 2.16. The number of benzene rings is 2. The Morgan fingerprint density at radius 2 is 1.87 bits per heavy atom. The molecule has 2 aromatic carbocycles. The lowest BCUT2D eigenvalue weighted by Gasteiger charge is -2.03. The molecule has 0 atom stereocenters. The van der Waals surface area contributed by atoms with Crippen LogP contribution in [0.25, 0.3) is 10.2 Å². The van der Waals surface area contributed by atoms with Crippen LogP contribution in [0.2, 0.25) is 0 Å². The van der Waals surface area contributed by atoms with Gasteiger partial charge >= 0.3 is 0 Å². The molecule has 3 nitrogen and oxygen atoms in total. The molecule has 0 aliphatic rings. The van der Waals surface area contributed by atoms with Crippen molar-refractivity contribution in [1.29, 1.82) is 0 Å². The number of carbonyl (C=O) groups is 1. The third-order valence-corrected chi connectivity index (χ3v) is 4.37. The summed E-state index contributed by atoms with van der Waals surface area (Å²) in [6.07, 6.45) is 1.15. The Balaban J connectivity index is 1.73. The molecule has 3 rings (SSSR count). The van der Waals surface area contributed by atoms with E-state index in [4.69, 9.17) is 0 Å². The number of thiazole rings is 1. The molecule has 0 fully saturated rings. The number of hydrogen-bond donors (Lipinski definition) is 1. The van der Waals surface area contributed by atoms with E-state index in [-0.39, 0.29) is 23.0 Å². The Morgan fingerprint density at radius 3 is 2.57 bits per heavy atom. The third-order valence-electron chi connectivity index (χ3n) is 3.46. The maximum Gasteiger partial charge on any atom is 0.230 e. The van der Waals surface area contributed by atoms with Crippen LogP contribution >= 0.6 is 11.3 Å². The summed E-state index contributed by atoms with van der Waals surface area (Å²) in [6.45, 7) is 2.07. The Labute approximate surface area is 136 Å². The summed E-state index contributed by atoms with van der Waals surface area (Å²) in [6, 6.07) is 9.77. The molecule has 1 heterocycles. The van der Waals surface area contributed by atoms with Gasteiger partial charge in [0.25, 0.3) is 0 Å². The predicted molar refractivity (Wildman–Crippen MR) is 87.7 cm³/mol. The molecule has 1 aromatic heterocycles. The van der Waals surface area contributed by atoms with Gasteiger partial charge in [0.1, 0.15) is 11.3 Å². The number of amides is 1. The van der Waals surface area contributed by atoms with Crippen LogP contribution < -0.4 is 5.32 Å². The lowest BCUT2D eigenvalue weighted by Crippen LogP contribution is -2.14. The Morgan fingerprint density at radius 1 is 1.17 bits per heavy atom. The highest BCUT2D eigenvalue weighted by atomic mass is 32.1. The van der Waals surface area contributed by atoms with Crippen molar-refractivity contribution in [3.05, 3.63) is 59.2 Å². The van der Waals surface area contributed by atoms with Crippen LogP contribution in [0.5, 0.6) is 0 Å². The molecule has 1 amide bonds. The van der Waals surface area contributed by atoms with Crippen molar-refractivity contribution in [3.8, 4) is 0 Å². The molecule has 0 saturated carbocycles. The fourth-order valence-electron chi connectivity index (χ4n) is 2.25. The molecular weight excluding hydrogens is 318 g/mol. The standard InChI is InChI=1S/C17H14F2N2OS/c1-2-10-3-5-11(6-4-10)7-15(22)20-17-21-16-13(19)8-12(18)9-14(16)23-17/h3-6,8-9H,2,7H2,1H3,(H,20,21,22). The van der Waals surface area contributed by atoms with Gasteiger partial charge in [0, 0.05) is 6.07 Å². The van der Waals surface area contributed by atoms with E-state index in [9.17, 15) is 13.6 Å². The molecule has 118 valence electrons. The minimum atomic E-state index is -0.730. The number of carbonyl (C=O) groups excluding carboxylic acids is 1. The summed E-state index contributed by atoms with van der Waals surface area (Å²) in [4.78, 5) is 16.1. The van der Waals surface area contributed by atoms with Gasteiger partial charge in [-0.25, -0.2) is 13.8 Å². The van der Waals surface area contributed by atoms with Crippen LogP contribution in [0.3, 0.4) is 0 Å². The molecule has 3 aromatic rings. The summed E-state index contributed by atoms with van der Waals surface area (Å²) in [7, 11) is 0. The molecule has 0 aliphatic carbocycles. The zero-order valence-electron chi connectivity index (χ0n) is 12.4. The van der Waals surface area contributed by atoms with Crippen molar-refractivity contribution in [3.63, 3.8) is 0 Å². The van der Waals surface area contributed by atoms with Crippen molar-refractivity contribution in [2.45, 2.75) is 19.8 Å². The second kappa shape index (κ2) is 6.42. The lowest BCUT2D eigenvalue weighted by atomic mass is 10.1. The number of anilines is 1. The van der Waals surface area contributed by atoms with Gasteiger partial charge in [-0.05, 0) is 23.6 Å². The fourth-order valence-corrected chi connectivity index (χ4v) is 3.17. The second-order valence-electron chi connectivity index (χ2n) is 5.15. The minimum Gasteiger partial charge on any atom is -0.302 e. The Hall–Kier alpha value is -2.34. The molecular formula is C17H14F2N2OS. The van der Waals surface area contributed by atoms with E-state index < -0.39 is 11.6 Å². The van der Waals surface area contributed by atoms with Crippen molar-refractivity contribution in [2.75, 3.05) is 5.32 Å². The minimum absolute atomic E-state index is 0.0685. The molecule has 1 N–H and O–H groups in total. The van der Waals surface area contributed by atoms with Crippen molar-refractivity contribution in [2.24, 2.45) is 0 Å². The first-order chi connectivity index (χ1) is 11.0. The van der Waals surface area contributed by atoms with Crippen LogP contribution in [0.4, 0.5) is 13.9 Å². The van der Waals surface area contributed by atoms with Gasteiger partial charge in [-0.15, -0.1) is 0 Å². The topological polar surface area (TPSA) is 42.0 Å². The van der Waals surface area contributed by atoms with Crippen molar-refractivity contribution in [1.82, 2.24) is 4.98 Å². The van der Waals surface area contributed by atoms with E-state index in [0.717, 1.165) is 29.4 Å². The van der Waals surface area contributed by atoms with Crippen LogP contribution in [-0.2, 0) is 17.6 Å². The highest BCUT2D eigenvalue weighted by Gasteiger charge is 2.12. The largest absolute Gasteiger partial charge is 0.302 e. The Bertz CT molecular complexity index is 859. The molecule has 0 aliphatic heterocycles. The van der Waals surface area contributed by atoms with Crippen molar-refractivity contribution < 1.29 is 13.6 Å². The summed E-state index contributed by atoms with van der Waals surface area (Å²) in [5.74, 6) is -1.63. The average Bonchev–Trinajstić information content (AvgIpc) is 2.90. The van der Waals surface area contributed by atoms with Crippen LogP contribution in [0, 0.1) is 11.6 Å². The maximum absolute atomic E-state index is 13.6. The summed E-state index contributed by atoms with van der Waals surface area (Å²) < 4.78 is 27.1. The van der Waals surface area contributed by atoms with E-state index >= 15 is 0 Å². The molecule has 0 saturated heterocycles. The van der Waals surface area contributed by atoms with E-state index in [0.29, 0.717) is 4.70 Å². The number of halogens is 2. The first-order valence-electron chi connectivity index (χ1n) is 7.18.